The summed E-state index contributed by atoms with van der Waals surface area (Å²) in [6.45, 7) is 10.2. The molecule has 7 heteroatoms. The summed E-state index contributed by atoms with van der Waals surface area (Å²) in [4.78, 5) is 24.7. The SMILES string of the molecule is CCCCOCCOC(=O)C1=C(C)NC(C)=C(C(=O)OCCOCCCC)C1. The van der Waals surface area contributed by atoms with Gasteiger partial charge in [-0.2, -0.15) is 0 Å². The summed E-state index contributed by atoms with van der Waals surface area (Å²) in [7, 11) is 0. The first-order valence-electron chi connectivity index (χ1n) is 10.2. The second kappa shape index (κ2) is 14.2. The molecule has 0 saturated carbocycles. The van der Waals surface area contributed by atoms with Crippen molar-refractivity contribution in [2.75, 3.05) is 39.6 Å². The number of carbonyl (C=O) groups excluding carboxylic acids is 2. The molecule has 0 aromatic heterocycles. The van der Waals surface area contributed by atoms with Crippen LogP contribution in [-0.2, 0) is 28.5 Å². The minimum absolute atomic E-state index is 0.190. The van der Waals surface area contributed by atoms with Crippen molar-refractivity contribution in [3.8, 4) is 0 Å². The van der Waals surface area contributed by atoms with Crippen molar-refractivity contribution in [2.24, 2.45) is 0 Å². The third kappa shape index (κ3) is 8.89. The summed E-state index contributed by atoms with van der Waals surface area (Å²) in [6.07, 6.45) is 4.29. The van der Waals surface area contributed by atoms with Gasteiger partial charge < -0.3 is 24.3 Å². The molecule has 0 bridgehead atoms. The molecule has 160 valence electrons. The molecular weight excluding hydrogens is 362 g/mol. The summed E-state index contributed by atoms with van der Waals surface area (Å²) in [5.41, 5.74) is 2.25. The molecule has 1 aliphatic heterocycles. The van der Waals surface area contributed by atoms with E-state index in [2.05, 4.69) is 19.2 Å². The molecule has 0 spiro atoms. The van der Waals surface area contributed by atoms with Crippen LogP contribution in [0.4, 0.5) is 0 Å². The van der Waals surface area contributed by atoms with Crippen molar-refractivity contribution < 1.29 is 28.5 Å². The highest BCUT2D eigenvalue weighted by Gasteiger charge is 2.26. The Morgan fingerprint density at radius 1 is 0.750 bits per heavy atom. The Bertz CT molecular complexity index is 519. The summed E-state index contributed by atoms with van der Waals surface area (Å²) >= 11 is 0. The normalized spacial score (nSPS) is 14.1. The number of allylic oxidation sites excluding steroid dienone is 2. The van der Waals surface area contributed by atoms with Crippen molar-refractivity contribution in [2.45, 2.75) is 59.8 Å². The number of hydrogen-bond acceptors (Lipinski definition) is 7. The topological polar surface area (TPSA) is 83.1 Å². The summed E-state index contributed by atoms with van der Waals surface area (Å²) < 4.78 is 21.3. The third-order valence-electron chi connectivity index (χ3n) is 4.33. The fraction of sp³-hybridized carbons (Fsp3) is 0.714. The molecule has 0 aromatic carbocycles. The first-order chi connectivity index (χ1) is 13.5. The molecule has 0 unspecified atom stereocenters. The number of nitrogens with one attached hydrogen (secondary N) is 1. The van der Waals surface area contributed by atoms with E-state index in [-0.39, 0.29) is 19.6 Å². The minimum Gasteiger partial charge on any atom is -0.460 e. The molecule has 1 N–H and O–H groups in total. The highest BCUT2D eigenvalue weighted by Crippen LogP contribution is 2.24. The fourth-order valence-electron chi connectivity index (χ4n) is 2.58. The Balaban J connectivity index is 2.44. The van der Waals surface area contributed by atoms with Crippen LogP contribution in [0.1, 0.15) is 59.8 Å². The molecule has 0 radical (unpaired) electrons. The standard InChI is InChI=1S/C21H35NO6/c1-5-7-9-25-11-13-27-20(23)18-15-19(17(4)22-16(18)3)21(24)28-14-12-26-10-8-6-2/h22H,5-15H2,1-4H3. The van der Waals surface area contributed by atoms with Crippen LogP contribution in [0.3, 0.4) is 0 Å². The van der Waals surface area contributed by atoms with E-state index in [0.717, 1.165) is 25.7 Å². The average Bonchev–Trinajstić information content (AvgIpc) is 2.67. The predicted octanol–water partition coefficient (Wildman–Crippen LogP) is 3.25. The van der Waals surface area contributed by atoms with Crippen LogP contribution in [-0.4, -0.2) is 51.6 Å². The van der Waals surface area contributed by atoms with Gasteiger partial charge in [0, 0.05) is 31.0 Å². The predicted molar refractivity (Wildman–Crippen MR) is 107 cm³/mol. The zero-order valence-corrected chi connectivity index (χ0v) is 17.7. The number of unbranched alkanes of at least 4 members (excludes halogenated alkanes) is 2. The van der Waals surface area contributed by atoms with Gasteiger partial charge in [-0.1, -0.05) is 26.7 Å². The van der Waals surface area contributed by atoms with Crippen LogP contribution in [0.5, 0.6) is 0 Å². The van der Waals surface area contributed by atoms with E-state index in [4.69, 9.17) is 18.9 Å². The summed E-state index contributed by atoms with van der Waals surface area (Å²) in [6, 6.07) is 0. The average molecular weight is 398 g/mol. The van der Waals surface area contributed by atoms with E-state index in [1.165, 1.54) is 0 Å². The van der Waals surface area contributed by atoms with E-state index < -0.39 is 11.9 Å². The fourth-order valence-corrected chi connectivity index (χ4v) is 2.58. The van der Waals surface area contributed by atoms with Gasteiger partial charge >= 0.3 is 11.9 Å². The number of rotatable bonds is 14. The first-order valence-corrected chi connectivity index (χ1v) is 10.2. The highest BCUT2D eigenvalue weighted by molar-refractivity contribution is 5.96. The quantitative estimate of drug-likeness (QED) is 0.356. The van der Waals surface area contributed by atoms with Gasteiger partial charge in [-0.05, 0) is 26.7 Å². The number of hydrogen-bond donors (Lipinski definition) is 1. The second-order valence-electron chi connectivity index (χ2n) is 6.71. The molecule has 28 heavy (non-hydrogen) atoms. The lowest BCUT2D eigenvalue weighted by molar-refractivity contribution is -0.141. The molecule has 1 rings (SSSR count). The molecule has 1 aliphatic rings. The smallest absolute Gasteiger partial charge is 0.336 e. The van der Waals surface area contributed by atoms with E-state index >= 15 is 0 Å². The molecule has 0 aromatic rings. The molecule has 0 fully saturated rings. The highest BCUT2D eigenvalue weighted by atomic mass is 16.6. The lowest BCUT2D eigenvalue weighted by Gasteiger charge is -2.22. The van der Waals surface area contributed by atoms with Crippen LogP contribution < -0.4 is 5.32 Å². The Hall–Kier alpha value is -1.86. The van der Waals surface area contributed by atoms with Crippen molar-refractivity contribution in [3.05, 3.63) is 22.5 Å². The van der Waals surface area contributed by atoms with Crippen LogP contribution in [0, 0.1) is 0 Å². The Kier molecular flexibility index (Phi) is 12.2. The lowest BCUT2D eigenvalue weighted by Crippen LogP contribution is -2.27. The van der Waals surface area contributed by atoms with Crippen LogP contribution in [0.25, 0.3) is 0 Å². The van der Waals surface area contributed by atoms with Gasteiger partial charge in [0.05, 0.1) is 24.4 Å². The molecule has 0 aliphatic carbocycles. The zero-order valence-electron chi connectivity index (χ0n) is 17.7. The molecule has 1 heterocycles. The largest absolute Gasteiger partial charge is 0.460 e. The van der Waals surface area contributed by atoms with Gasteiger partial charge in [0.15, 0.2) is 0 Å². The van der Waals surface area contributed by atoms with Crippen molar-refractivity contribution in [1.29, 1.82) is 0 Å². The van der Waals surface area contributed by atoms with Crippen LogP contribution in [0.2, 0.25) is 0 Å². The summed E-state index contributed by atoms with van der Waals surface area (Å²) in [5, 5.41) is 3.07. The number of esters is 2. The van der Waals surface area contributed by atoms with Gasteiger partial charge in [0.25, 0.3) is 0 Å². The molecule has 7 nitrogen and oxygen atoms in total. The van der Waals surface area contributed by atoms with Gasteiger partial charge in [-0.15, -0.1) is 0 Å². The van der Waals surface area contributed by atoms with E-state index in [0.29, 0.717) is 49.0 Å². The molecule has 0 saturated heterocycles. The first kappa shape index (κ1) is 24.2. The number of ether oxygens (including phenoxy) is 4. The van der Waals surface area contributed by atoms with Crippen LogP contribution in [0.15, 0.2) is 22.5 Å². The molecule has 0 atom stereocenters. The van der Waals surface area contributed by atoms with Gasteiger partial charge in [0.2, 0.25) is 0 Å². The number of carbonyl (C=O) groups is 2. The lowest BCUT2D eigenvalue weighted by atomic mass is 9.98. The number of dihydropyridines is 1. The van der Waals surface area contributed by atoms with Gasteiger partial charge in [-0.25, -0.2) is 9.59 Å². The minimum atomic E-state index is -0.440. The van der Waals surface area contributed by atoms with E-state index in [1.807, 2.05) is 0 Å². The Morgan fingerprint density at radius 3 is 1.57 bits per heavy atom. The van der Waals surface area contributed by atoms with Gasteiger partial charge in [-0.3, -0.25) is 0 Å². The van der Waals surface area contributed by atoms with Crippen molar-refractivity contribution >= 4 is 11.9 Å². The maximum absolute atomic E-state index is 12.4. The van der Waals surface area contributed by atoms with Crippen molar-refractivity contribution in [3.63, 3.8) is 0 Å². The summed E-state index contributed by atoms with van der Waals surface area (Å²) in [5.74, 6) is -0.880. The maximum Gasteiger partial charge on any atom is 0.336 e. The van der Waals surface area contributed by atoms with E-state index in [9.17, 15) is 9.59 Å². The monoisotopic (exact) mass is 397 g/mol. The molecular formula is C21H35NO6. The van der Waals surface area contributed by atoms with Crippen LogP contribution >= 0.6 is 0 Å². The second-order valence-corrected chi connectivity index (χ2v) is 6.71. The van der Waals surface area contributed by atoms with Gasteiger partial charge in [0.1, 0.15) is 13.2 Å². The van der Waals surface area contributed by atoms with Crippen molar-refractivity contribution in [1.82, 2.24) is 5.32 Å². The zero-order chi connectivity index (χ0) is 20.8. The Labute approximate surface area is 168 Å². The Morgan fingerprint density at radius 2 is 1.18 bits per heavy atom. The van der Waals surface area contributed by atoms with E-state index in [1.54, 1.807) is 13.8 Å². The molecule has 0 amide bonds. The maximum atomic E-state index is 12.4. The third-order valence-corrected chi connectivity index (χ3v) is 4.33.